The number of aromatic nitrogens is 2. The van der Waals surface area contributed by atoms with Crippen LogP contribution in [0.25, 0.3) is 0 Å². The van der Waals surface area contributed by atoms with Crippen molar-refractivity contribution in [2.75, 3.05) is 57.5 Å². The molecular weight excluding hydrogens is 438 g/mol. The highest BCUT2D eigenvalue weighted by molar-refractivity contribution is 7.96. The SMILES string of the molecule is Cc1nc(C(=O)NC(N)=NCCCCC2CCN(CCCCSN(C)C)CC2)c(N)nc1N. The number of anilines is 2. The normalized spacial score (nSPS) is 15.8. The van der Waals surface area contributed by atoms with Gasteiger partial charge < -0.3 is 22.1 Å². The summed E-state index contributed by atoms with van der Waals surface area (Å²) in [4.78, 5) is 27.1. The van der Waals surface area contributed by atoms with Crippen molar-refractivity contribution in [3.63, 3.8) is 0 Å². The van der Waals surface area contributed by atoms with Crippen molar-refractivity contribution in [1.29, 1.82) is 0 Å². The summed E-state index contributed by atoms with van der Waals surface area (Å²) >= 11 is 1.90. The molecular formula is C22H41N9OS. The van der Waals surface area contributed by atoms with Crippen LogP contribution in [0.2, 0.25) is 0 Å². The fourth-order valence-electron chi connectivity index (χ4n) is 3.86. The average Bonchev–Trinajstić information content (AvgIpc) is 2.76. The Kier molecular flexibility index (Phi) is 11.7. The topological polar surface area (TPSA) is 152 Å². The number of aliphatic imine (C=N–C) groups is 1. The van der Waals surface area contributed by atoms with Crippen LogP contribution in [0.1, 0.15) is 61.1 Å². The number of likely N-dealkylation sites (tertiary alicyclic amines) is 1. The summed E-state index contributed by atoms with van der Waals surface area (Å²) in [5, 5.41) is 2.52. The van der Waals surface area contributed by atoms with Gasteiger partial charge in [-0.2, -0.15) is 0 Å². The number of nitrogen functional groups attached to an aromatic ring is 2. The number of amides is 1. The molecule has 2 rings (SSSR count). The molecule has 1 fully saturated rings. The molecule has 7 N–H and O–H groups in total. The third-order valence-corrected chi connectivity index (χ3v) is 6.81. The van der Waals surface area contributed by atoms with Gasteiger partial charge >= 0.3 is 0 Å². The fourth-order valence-corrected chi connectivity index (χ4v) is 4.55. The van der Waals surface area contributed by atoms with Gasteiger partial charge in [-0.1, -0.05) is 24.8 Å². The van der Waals surface area contributed by atoms with E-state index < -0.39 is 5.91 Å². The number of nitrogens with one attached hydrogen (secondary N) is 1. The van der Waals surface area contributed by atoms with Gasteiger partial charge in [0.15, 0.2) is 17.5 Å². The number of nitrogens with zero attached hydrogens (tertiary/aromatic N) is 5. The smallest absolute Gasteiger partial charge is 0.280 e. The second-order valence-corrected chi connectivity index (χ2v) is 10.2. The molecule has 0 radical (unpaired) electrons. The number of unbranched alkanes of at least 4 members (excludes halogenated alkanes) is 2. The highest BCUT2D eigenvalue weighted by atomic mass is 32.2. The zero-order valence-corrected chi connectivity index (χ0v) is 21.2. The van der Waals surface area contributed by atoms with E-state index in [-0.39, 0.29) is 23.3 Å². The molecule has 0 bridgehead atoms. The van der Waals surface area contributed by atoms with Gasteiger partial charge in [0.1, 0.15) is 5.82 Å². The van der Waals surface area contributed by atoms with Crippen LogP contribution in [0.4, 0.5) is 11.6 Å². The van der Waals surface area contributed by atoms with Crippen molar-refractivity contribution < 1.29 is 4.79 Å². The van der Waals surface area contributed by atoms with Crippen molar-refractivity contribution in [1.82, 2.24) is 24.5 Å². The minimum Gasteiger partial charge on any atom is -0.382 e. The van der Waals surface area contributed by atoms with Gasteiger partial charge in [-0.25, -0.2) is 9.97 Å². The van der Waals surface area contributed by atoms with E-state index in [4.69, 9.17) is 17.2 Å². The summed E-state index contributed by atoms with van der Waals surface area (Å²) < 4.78 is 2.18. The van der Waals surface area contributed by atoms with Gasteiger partial charge in [0.2, 0.25) is 0 Å². The lowest BCUT2D eigenvalue weighted by molar-refractivity contribution is 0.0972. The van der Waals surface area contributed by atoms with E-state index >= 15 is 0 Å². The Bertz CT molecular complexity index is 779. The maximum absolute atomic E-state index is 12.3. The molecule has 1 amide bonds. The van der Waals surface area contributed by atoms with Gasteiger partial charge in [0.05, 0.1) is 5.69 Å². The molecule has 0 unspecified atom stereocenters. The number of aryl methyl sites for hydroxylation is 1. The first-order valence-corrected chi connectivity index (χ1v) is 12.7. The summed E-state index contributed by atoms with van der Waals surface area (Å²) in [5.74, 6) is 1.72. The molecule has 11 heteroatoms. The molecule has 1 saturated heterocycles. The van der Waals surface area contributed by atoms with Crippen LogP contribution >= 0.6 is 11.9 Å². The first-order valence-electron chi connectivity index (χ1n) is 11.8. The van der Waals surface area contributed by atoms with E-state index in [1.807, 2.05) is 11.9 Å². The van der Waals surface area contributed by atoms with Crippen LogP contribution in [0.5, 0.6) is 0 Å². The molecule has 1 aromatic heterocycles. The molecule has 186 valence electrons. The quantitative estimate of drug-likeness (QED) is 0.152. The Labute approximate surface area is 202 Å². The summed E-state index contributed by atoms with van der Waals surface area (Å²) in [6.07, 6.45) is 8.45. The largest absolute Gasteiger partial charge is 0.382 e. The zero-order valence-electron chi connectivity index (χ0n) is 20.3. The van der Waals surface area contributed by atoms with Crippen LogP contribution in [0.15, 0.2) is 4.99 Å². The van der Waals surface area contributed by atoms with Crippen LogP contribution in [0, 0.1) is 12.8 Å². The van der Waals surface area contributed by atoms with E-state index in [1.165, 1.54) is 57.5 Å². The minimum absolute atomic E-state index is 0.00125. The first kappa shape index (κ1) is 27.1. The highest BCUT2D eigenvalue weighted by Crippen LogP contribution is 2.23. The summed E-state index contributed by atoms with van der Waals surface area (Å²) in [6, 6.07) is 0. The number of rotatable bonds is 12. The molecule has 0 spiro atoms. The molecule has 1 aliphatic rings. The summed E-state index contributed by atoms with van der Waals surface area (Å²) in [6.45, 7) is 5.91. The molecule has 2 heterocycles. The Balaban J connectivity index is 1.57. The predicted octanol–water partition coefficient (Wildman–Crippen LogP) is 1.87. The Morgan fingerprint density at radius 3 is 2.58 bits per heavy atom. The standard InChI is InChI=1S/C22H41N9OS/c1-16-19(23)28-20(24)18(27-16)21(32)29-22(25)26-11-5-4-8-17-9-13-31(14-10-17)12-6-7-15-33-30(2)3/h17H,4-15H2,1-3H3,(H4,23,24,28)(H3,25,26,29,32). The molecule has 0 atom stereocenters. The molecule has 10 nitrogen and oxygen atoms in total. The minimum atomic E-state index is -0.535. The van der Waals surface area contributed by atoms with E-state index in [0.717, 1.165) is 18.8 Å². The number of carbonyl (C=O) groups excluding carboxylic acids is 1. The molecule has 1 aliphatic heterocycles. The second kappa shape index (κ2) is 14.2. The fraction of sp³-hybridized carbons (Fsp3) is 0.727. The molecule has 0 aliphatic carbocycles. The van der Waals surface area contributed by atoms with Gasteiger partial charge in [-0.3, -0.25) is 19.4 Å². The Morgan fingerprint density at radius 1 is 1.15 bits per heavy atom. The number of piperidine rings is 1. The van der Waals surface area contributed by atoms with Crippen molar-refractivity contribution >= 4 is 35.5 Å². The second-order valence-electron chi connectivity index (χ2n) is 8.78. The van der Waals surface area contributed by atoms with Gasteiger partial charge in [0.25, 0.3) is 5.91 Å². The van der Waals surface area contributed by atoms with Gasteiger partial charge in [-0.15, -0.1) is 0 Å². The molecule has 33 heavy (non-hydrogen) atoms. The number of nitrogens with two attached hydrogens (primary N) is 3. The lowest BCUT2D eigenvalue weighted by Crippen LogP contribution is -2.38. The van der Waals surface area contributed by atoms with Crippen molar-refractivity contribution in [2.24, 2.45) is 16.6 Å². The van der Waals surface area contributed by atoms with Crippen LogP contribution in [-0.2, 0) is 0 Å². The lowest BCUT2D eigenvalue weighted by Gasteiger charge is -2.32. The van der Waals surface area contributed by atoms with Gasteiger partial charge in [0, 0.05) is 12.3 Å². The highest BCUT2D eigenvalue weighted by Gasteiger charge is 2.18. The Morgan fingerprint density at radius 2 is 1.88 bits per heavy atom. The Hall–Kier alpha value is -2.11. The summed E-state index contributed by atoms with van der Waals surface area (Å²) in [7, 11) is 4.20. The van der Waals surface area contributed by atoms with E-state index in [9.17, 15) is 4.79 Å². The number of carbonyl (C=O) groups is 1. The van der Waals surface area contributed by atoms with E-state index in [2.05, 4.69) is 43.6 Å². The number of guanidine groups is 1. The first-order chi connectivity index (χ1) is 15.8. The predicted molar refractivity (Wildman–Crippen MR) is 138 cm³/mol. The van der Waals surface area contributed by atoms with Crippen LogP contribution in [0.3, 0.4) is 0 Å². The van der Waals surface area contributed by atoms with Crippen molar-refractivity contribution in [2.45, 2.75) is 51.9 Å². The van der Waals surface area contributed by atoms with Crippen LogP contribution in [-0.4, -0.2) is 77.1 Å². The third kappa shape index (κ3) is 10.1. The third-order valence-electron chi connectivity index (χ3n) is 5.82. The zero-order chi connectivity index (χ0) is 24.2. The van der Waals surface area contributed by atoms with Crippen molar-refractivity contribution in [3.8, 4) is 0 Å². The molecule has 0 aromatic carbocycles. The van der Waals surface area contributed by atoms with E-state index in [0.29, 0.717) is 12.2 Å². The lowest BCUT2D eigenvalue weighted by atomic mass is 9.91. The number of hydrogen-bond acceptors (Lipinski definition) is 9. The molecule has 1 aromatic rings. The van der Waals surface area contributed by atoms with Crippen molar-refractivity contribution in [3.05, 3.63) is 11.4 Å². The van der Waals surface area contributed by atoms with Crippen LogP contribution < -0.4 is 22.5 Å². The maximum Gasteiger partial charge on any atom is 0.280 e. The maximum atomic E-state index is 12.3. The summed E-state index contributed by atoms with van der Waals surface area (Å²) in [5.41, 5.74) is 17.7. The van der Waals surface area contributed by atoms with Gasteiger partial charge in [-0.05, 0) is 78.7 Å². The number of hydrogen-bond donors (Lipinski definition) is 4. The monoisotopic (exact) mass is 479 g/mol. The van der Waals surface area contributed by atoms with E-state index in [1.54, 1.807) is 6.92 Å². The average molecular weight is 480 g/mol. The molecule has 0 saturated carbocycles.